The number of hydrogen-bond donors (Lipinski definition) is 3. The summed E-state index contributed by atoms with van der Waals surface area (Å²) in [5.74, 6) is -1.21. The lowest BCUT2D eigenvalue weighted by Crippen LogP contribution is -2.51. The molecular formula is C20H21FN4O3. The largest absolute Gasteiger partial charge is 0.336 e. The molecule has 146 valence electrons. The van der Waals surface area contributed by atoms with Crippen molar-refractivity contribution in [3.05, 3.63) is 66.0 Å². The van der Waals surface area contributed by atoms with Crippen LogP contribution in [0.4, 0.5) is 14.9 Å². The van der Waals surface area contributed by atoms with Crippen molar-refractivity contribution in [1.29, 1.82) is 0 Å². The summed E-state index contributed by atoms with van der Waals surface area (Å²) in [5, 5.41) is 2.88. The van der Waals surface area contributed by atoms with Crippen LogP contribution in [-0.4, -0.2) is 35.8 Å². The Morgan fingerprint density at radius 3 is 2.18 bits per heavy atom. The van der Waals surface area contributed by atoms with Crippen molar-refractivity contribution in [3.8, 4) is 0 Å². The predicted molar refractivity (Wildman–Crippen MR) is 102 cm³/mol. The minimum atomic E-state index is -0.537. The fraction of sp³-hybridized carbons (Fsp3) is 0.250. The van der Waals surface area contributed by atoms with Crippen LogP contribution in [0.1, 0.15) is 23.2 Å². The number of benzene rings is 2. The summed E-state index contributed by atoms with van der Waals surface area (Å²) in [6, 6.07) is 13.8. The Labute approximate surface area is 161 Å². The van der Waals surface area contributed by atoms with Gasteiger partial charge in [0.05, 0.1) is 0 Å². The fourth-order valence-electron chi connectivity index (χ4n) is 2.97. The summed E-state index contributed by atoms with van der Waals surface area (Å²) in [6.07, 6.45) is 1.08. The first kappa shape index (κ1) is 19.3. The molecule has 1 heterocycles. The Hall–Kier alpha value is -3.42. The quantitative estimate of drug-likeness (QED) is 0.711. The molecule has 0 radical (unpaired) electrons. The maximum atomic E-state index is 12.9. The first-order chi connectivity index (χ1) is 13.5. The third-order valence-corrected chi connectivity index (χ3v) is 4.58. The number of halogens is 1. The van der Waals surface area contributed by atoms with E-state index in [0.29, 0.717) is 25.9 Å². The monoisotopic (exact) mass is 384 g/mol. The molecule has 2 aromatic rings. The van der Waals surface area contributed by atoms with Crippen LogP contribution in [0, 0.1) is 11.7 Å². The molecule has 7 nitrogen and oxygen atoms in total. The molecule has 0 unspecified atom stereocenters. The van der Waals surface area contributed by atoms with E-state index in [2.05, 4.69) is 16.2 Å². The first-order valence-corrected chi connectivity index (χ1v) is 8.99. The summed E-state index contributed by atoms with van der Waals surface area (Å²) >= 11 is 0. The third-order valence-electron chi connectivity index (χ3n) is 4.58. The standard InChI is InChI=1S/C20H21FN4O3/c21-16-8-6-14(7-9-16)19(27)23-24-20(28)25-12-10-15(11-13-25)18(26)22-17-4-2-1-3-5-17/h1-9,15H,10-13H2,(H,22,26)(H,23,27)(H,24,28). The molecule has 0 aromatic heterocycles. The van der Waals surface area contributed by atoms with Crippen molar-refractivity contribution in [2.75, 3.05) is 18.4 Å². The maximum absolute atomic E-state index is 12.9. The number of nitrogens with one attached hydrogen (secondary N) is 3. The van der Waals surface area contributed by atoms with E-state index in [0.717, 1.165) is 5.69 Å². The van der Waals surface area contributed by atoms with Crippen molar-refractivity contribution in [1.82, 2.24) is 15.8 Å². The summed E-state index contributed by atoms with van der Waals surface area (Å²) in [4.78, 5) is 38.0. The zero-order chi connectivity index (χ0) is 19.9. The van der Waals surface area contributed by atoms with Gasteiger partial charge in [-0.2, -0.15) is 0 Å². The van der Waals surface area contributed by atoms with Crippen LogP contribution in [0.3, 0.4) is 0 Å². The highest BCUT2D eigenvalue weighted by molar-refractivity contribution is 5.95. The van der Waals surface area contributed by atoms with Gasteiger partial charge >= 0.3 is 6.03 Å². The lowest BCUT2D eigenvalue weighted by Gasteiger charge is -2.31. The normalized spacial score (nSPS) is 14.2. The number of likely N-dealkylation sites (tertiary alicyclic amines) is 1. The number of carbonyl (C=O) groups is 3. The van der Waals surface area contributed by atoms with Gasteiger partial charge in [-0.1, -0.05) is 18.2 Å². The number of nitrogens with zero attached hydrogens (tertiary/aromatic N) is 1. The van der Waals surface area contributed by atoms with E-state index in [1.165, 1.54) is 29.2 Å². The molecule has 0 atom stereocenters. The second-order valence-electron chi connectivity index (χ2n) is 6.51. The second-order valence-corrected chi connectivity index (χ2v) is 6.51. The Morgan fingerprint density at radius 2 is 1.54 bits per heavy atom. The Kier molecular flexibility index (Phi) is 6.21. The molecular weight excluding hydrogens is 363 g/mol. The summed E-state index contributed by atoms with van der Waals surface area (Å²) in [6.45, 7) is 0.816. The zero-order valence-electron chi connectivity index (χ0n) is 15.2. The van der Waals surface area contributed by atoms with Gasteiger partial charge in [0.1, 0.15) is 5.82 Å². The van der Waals surface area contributed by atoms with Crippen LogP contribution >= 0.6 is 0 Å². The van der Waals surface area contributed by atoms with Crippen LogP contribution in [0.25, 0.3) is 0 Å². The smallest absolute Gasteiger partial charge is 0.326 e. The summed E-state index contributed by atoms with van der Waals surface area (Å²) < 4.78 is 12.9. The van der Waals surface area contributed by atoms with Gasteiger partial charge in [0.25, 0.3) is 5.91 Å². The van der Waals surface area contributed by atoms with Crippen molar-refractivity contribution >= 4 is 23.5 Å². The van der Waals surface area contributed by atoms with E-state index in [1.807, 2.05) is 30.3 Å². The van der Waals surface area contributed by atoms with Crippen molar-refractivity contribution in [2.24, 2.45) is 5.92 Å². The van der Waals surface area contributed by atoms with E-state index in [1.54, 1.807) is 0 Å². The van der Waals surface area contributed by atoms with Gasteiger partial charge in [-0.05, 0) is 49.2 Å². The fourth-order valence-corrected chi connectivity index (χ4v) is 2.97. The average Bonchev–Trinajstić information content (AvgIpc) is 2.73. The number of urea groups is 1. The van der Waals surface area contributed by atoms with E-state index in [4.69, 9.17) is 0 Å². The molecule has 4 amide bonds. The van der Waals surface area contributed by atoms with Gasteiger partial charge in [-0.15, -0.1) is 0 Å². The van der Waals surface area contributed by atoms with Gasteiger partial charge in [0.15, 0.2) is 0 Å². The topological polar surface area (TPSA) is 90.5 Å². The Bertz CT molecular complexity index is 834. The molecule has 2 aromatic carbocycles. The highest BCUT2D eigenvalue weighted by Gasteiger charge is 2.27. The SMILES string of the molecule is O=C(NNC(=O)N1CCC(C(=O)Nc2ccccc2)CC1)c1ccc(F)cc1. The number of para-hydroxylation sites is 1. The van der Waals surface area contributed by atoms with Crippen LogP contribution < -0.4 is 16.2 Å². The van der Waals surface area contributed by atoms with Crippen LogP contribution in [0.5, 0.6) is 0 Å². The summed E-state index contributed by atoms with van der Waals surface area (Å²) in [5.41, 5.74) is 5.62. The molecule has 0 bridgehead atoms. The average molecular weight is 384 g/mol. The third kappa shape index (κ3) is 5.06. The van der Waals surface area contributed by atoms with Crippen LogP contribution in [0.15, 0.2) is 54.6 Å². The molecule has 1 aliphatic heterocycles. The number of piperidine rings is 1. The number of anilines is 1. The lowest BCUT2D eigenvalue weighted by atomic mass is 9.96. The van der Waals surface area contributed by atoms with Crippen molar-refractivity contribution < 1.29 is 18.8 Å². The Morgan fingerprint density at radius 1 is 0.893 bits per heavy atom. The van der Waals surface area contributed by atoms with Gasteiger partial charge in [0.2, 0.25) is 5.91 Å². The van der Waals surface area contributed by atoms with Gasteiger partial charge in [-0.3, -0.25) is 15.0 Å². The number of hydrazine groups is 1. The first-order valence-electron chi connectivity index (χ1n) is 8.99. The molecule has 1 aliphatic rings. The molecule has 28 heavy (non-hydrogen) atoms. The van der Waals surface area contributed by atoms with E-state index < -0.39 is 17.8 Å². The lowest BCUT2D eigenvalue weighted by molar-refractivity contribution is -0.121. The molecule has 1 fully saturated rings. The molecule has 3 rings (SSSR count). The second kappa shape index (κ2) is 8.98. The minimum Gasteiger partial charge on any atom is -0.326 e. The zero-order valence-corrected chi connectivity index (χ0v) is 15.2. The maximum Gasteiger partial charge on any atom is 0.336 e. The van der Waals surface area contributed by atoms with Crippen LogP contribution in [0.2, 0.25) is 0 Å². The predicted octanol–water partition coefficient (Wildman–Crippen LogP) is 2.53. The molecule has 8 heteroatoms. The molecule has 3 N–H and O–H groups in total. The molecule has 0 aliphatic carbocycles. The molecule has 0 spiro atoms. The number of rotatable bonds is 3. The van der Waals surface area contributed by atoms with E-state index >= 15 is 0 Å². The number of carbonyl (C=O) groups excluding carboxylic acids is 3. The minimum absolute atomic E-state index is 0.0594. The van der Waals surface area contributed by atoms with Crippen molar-refractivity contribution in [3.63, 3.8) is 0 Å². The highest BCUT2D eigenvalue weighted by Crippen LogP contribution is 2.19. The number of amides is 4. The molecule has 0 saturated carbocycles. The van der Waals surface area contributed by atoms with E-state index in [-0.39, 0.29) is 17.4 Å². The van der Waals surface area contributed by atoms with Gasteiger partial charge in [0, 0.05) is 30.3 Å². The number of hydrogen-bond acceptors (Lipinski definition) is 3. The Balaban J connectivity index is 1.42. The highest BCUT2D eigenvalue weighted by atomic mass is 19.1. The van der Waals surface area contributed by atoms with Gasteiger partial charge < -0.3 is 10.2 Å². The van der Waals surface area contributed by atoms with E-state index in [9.17, 15) is 18.8 Å². The summed E-state index contributed by atoms with van der Waals surface area (Å²) in [7, 11) is 0. The van der Waals surface area contributed by atoms with Crippen LogP contribution in [-0.2, 0) is 4.79 Å². The van der Waals surface area contributed by atoms with Gasteiger partial charge in [-0.25, -0.2) is 14.6 Å². The molecule has 1 saturated heterocycles. The van der Waals surface area contributed by atoms with Crippen molar-refractivity contribution in [2.45, 2.75) is 12.8 Å².